The Kier molecular flexibility index (Phi) is 5.43. The van der Waals surface area contributed by atoms with E-state index in [0.717, 1.165) is 29.9 Å². The Bertz CT molecular complexity index is 744. The molecule has 0 saturated carbocycles. The molecule has 1 atom stereocenters. The Morgan fingerprint density at radius 2 is 2.20 bits per heavy atom. The van der Waals surface area contributed by atoms with Crippen LogP contribution in [0.2, 0.25) is 0 Å². The van der Waals surface area contributed by atoms with E-state index in [1.807, 2.05) is 24.8 Å². The number of amides is 1. The molecule has 25 heavy (non-hydrogen) atoms. The maximum atomic E-state index is 12.9. The van der Waals surface area contributed by atoms with Gasteiger partial charge in [0.05, 0.1) is 18.4 Å². The molecule has 3 heterocycles. The van der Waals surface area contributed by atoms with Crippen molar-refractivity contribution in [1.29, 1.82) is 0 Å². The minimum atomic E-state index is -0.0122. The molecular formula is C18H24N4O3. The average Bonchev–Trinajstić information content (AvgIpc) is 3.00. The predicted octanol–water partition coefficient (Wildman–Crippen LogP) is 2.12. The summed E-state index contributed by atoms with van der Waals surface area (Å²) in [6.45, 7) is 7.43. The Hall–Kier alpha value is -2.28. The van der Waals surface area contributed by atoms with E-state index in [4.69, 9.17) is 9.26 Å². The molecule has 0 unspecified atom stereocenters. The third-order valence-corrected chi connectivity index (χ3v) is 4.49. The summed E-state index contributed by atoms with van der Waals surface area (Å²) in [6, 6.07) is 1.99. The molecule has 1 aliphatic rings. The van der Waals surface area contributed by atoms with Crippen molar-refractivity contribution in [2.24, 2.45) is 0 Å². The maximum absolute atomic E-state index is 12.9. The second-order valence-corrected chi connectivity index (χ2v) is 6.35. The van der Waals surface area contributed by atoms with Gasteiger partial charge in [-0.1, -0.05) is 12.1 Å². The van der Waals surface area contributed by atoms with E-state index in [0.29, 0.717) is 37.4 Å². The van der Waals surface area contributed by atoms with Gasteiger partial charge < -0.3 is 14.2 Å². The van der Waals surface area contributed by atoms with E-state index in [-0.39, 0.29) is 12.0 Å². The zero-order valence-corrected chi connectivity index (χ0v) is 15.0. The topological polar surface area (TPSA) is 81.4 Å². The van der Waals surface area contributed by atoms with Crippen LogP contribution in [0.15, 0.2) is 16.9 Å². The van der Waals surface area contributed by atoms with Crippen LogP contribution >= 0.6 is 0 Å². The fraction of sp³-hybridized carbons (Fsp3) is 0.556. The van der Waals surface area contributed by atoms with Crippen molar-refractivity contribution >= 4 is 5.91 Å². The third-order valence-electron chi connectivity index (χ3n) is 4.49. The first-order valence-corrected chi connectivity index (χ1v) is 8.72. The second kappa shape index (κ2) is 7.74. The van der Waals surface area contributed by atoms with Crippen LogP contribution in [0.4, 0.5) is 0 Å². The van der Waals surface area contributed by atoms with Crippen LogP contribution in [-0.2, 0) is 17.6 Å². The summed E-state index contributed by atoms with van der Waals surface area (Å²) in [6.07, 6.45) is 3.91. The molecule has 1 amide bonds. The Labute approximate surface area is 147 Å². The van der Waals surface area contributed by atoms with Crippen LogP contribution < -0.4 is 0 Å². The largest absolute Gasteiger partial charge is 0.375 e. The summed E-state index contributed by atoms with van der Waals surface area (Å²) in [5.74, 6) is 0.572. The fourth-order valence-corrected chi connectivity index (χ4v) is 3.13. The molecule has 1 fully saturated rings. The predicted molar refractivity (Wildman–Crippen MR) is 91.4 cm³/mol. The summed E-state index contributed by atoms with van der Waals surface area (Å²) >= 11 is 0. The smallest absolute Gasteiger partial charge is 0.259 e. The van der Waals surface area contributed by atoms with Crippen molar-refractivity contribution in [2.45, 2.75) is 46.1 Å². The number of carbonyl (C=O) groups is 1. The van der Waals surface area contributed by atoms with Crippen molar-refractivity contribution in [3.63, 3.8) is 0 Å². The molecule has 0 radical (unpaired) electrons. The van der Waals surface area contributed by atoms with E-state index >= 15 is 0 Å². The van der Waals surface area contributed by atoms with Gasteiger partial charge in [0.25, 0.3) is 5.91 Å². The molecule has 1 aliphatic heterocycles. The molecule has 2 aromatic heterocycles. The van der Waals surface area contributed by atoms with Gasteiger partial charge in [-0.2, -0.15) is 0 Å². The first-order valence-electron chi connectivity index (χ1n) is 8.72. The third kappa shape index (κ3) is 4.04. The number of morpholine rings is 1. The van der Waals surface area contributed by atoms with Crippen molar-refractivity contribution in [3.05, 3.63) is 40.8 Å². The number of rotatable bonds is 5. The molecule has 0 aliphatic carbocycles. The molecule has 1 saturated heterocycles. The number of ether oxygens (including phenoxy) is 1. The molecular weight excluding hydrogens is 320 g/mol. The highest BCUT2D eigenvalue weighted by Gasteiger charge is 2.29. The SMILES string of the molecule is CCc1noc(C)c1C(=O)N1CCO[C@@H](CCc2cc(C)ncn2)C1. The lowest BCUT2D eigenvalue weighted by Crippen LogP contribution is -2.46. The van der Waals surface area contributed by atoms with Crippen LogP contribution in [0, 0.1) is 13.8 Å². The second-order valence-electron chi connectivity index (χ2n) is 6.35. The minimum Gasteiger partial charge on any atom is -0.375 e. The lowest BCUT2D eigenvalue weighted by Gasteiger charge is -2.33. The number of aryl methyl sites for hydroxylation is 4. The molecule has 0 spiro atoms. The average molecular weight is 344 g/mol. The standard InChI is InChI=1S/C18H24N4O3/c1-4-16-17(13(3)25-21-16)18(23)22-7-8-24-15(10-22)6-5-14-9-12(2)19-11-20-14/h9,11,15H,4-8,10H2,1-3H3/t15-/m0/s1. The van der Waals surface area contributed by atoms with Gasteiger partial charge >= 0.3 is 0 Å². The van der Waals surface area contributed by atoms with Crippen molar-refractivity contribution in [3.8, 4) is 0 Å². The molecule has 2 aromatic rings. The highest BCUT2D eigenvalue weighted by atomic mass is 16.5. The minimum absolute atomic E-state index is 0.0122. The molecule has 0 bridgehead atoms. The van der Waals surface area contributed by atoms with Crippen LogP contribution in [0.3, 0.4) is 0 Å². The highest BCUT2D eigenvalue weighted by Crippen LogP contribution is 2.19. The Morgan fingerprint density at radius 3 is 2.96 bits per heavy atom. The monoisotopic (exact) mass is 344 g/mol. The first kappa shape index (κ1) is 17.5. The van der Waals surface area contributed by atoms with Gasteiger partial charge in [-0.3, -0.25) is 4.79 Å². The fourth-order valence-electron chi connectivity index (χ4n) is 3.13. The van der Waals surface area contributed by atoms with Crippen LogP contribution in [-0.4, -0.2) is 51.7 Å². The highest BCUT2D eigenvalue weighted by molar-refractivity contribution is 5.96. The molecule has 7 heteroatoms. The Balaban J connectivity index is 1.62. The zero-order valence-electron chi connectivity index (χ0n) is 15.0. The number of aromatic nitrogens is 3. The summed E-state index contributed by atoms with van der Waals surface area (Å²) in [5, 5.41) is 3.99. The summed E-state index contributed by atoms with van der Waals surface area (Å²) in [5.41, 5.74) is 3.29. The van der Waals surface area contributed by atoms with Gasteiger partial charge in [-0.25, -0.2) is 9.97 Å². The van der Waals surface area contributed by atoms with Crippen molar-refractivity contribution in [1.82, 2.24) is 20.0 Å². The van der Waals surface area contributed by atoms with E-state index in [1.165, 1.54) is 0 Å². The molecule has 7 nitrogen and oxygen atoms in total. The number of hydrogen-bond acceptors (Lipinski definition) is 6. The lowest BCUT2D eigenvalue weighted by molar-refractivity contribution is -0.0247. The maximum Gasteiger partial charge on any atom is 0.259 e. The molecule has 134 valence electrons. The molecule has 3 rings (SSSR count). The van der Waals surface area contributed by atoms with Crippen LogP contribution in [0.1, 0.15) is 46.5 Å². The molecule has 0 aromatic carbocycles. The van der Waals surface area contributed by atoms with Gasteiger partial charge in [0.2, 0.25) is 0 Å². The van der Waals surface area contributed by atoms with E-state index < -0.39 is 0 Å². The van der Waals surface area contributed by atoms with E-state index in [9.17, 15) is 4.79 Å². The molecule has 0 N–H and O–H groups in total. The number of carbonyl (C=O) groups excluding carboxylic acids is 1. The quantitative estimate of drug-likeness (QED) is 0.826. The van der Waals surface area contributed by atoms with Crippen LogP contribution in [0.25, 0.3) is 0 Å². The van der Waals surface area contributed by atoms with E-state index in [2.05, 4.69) is 15.1 Å². The Morgan fingerprint density at radius 1 is 1.36 bits per heavy atom. The summed E-state index contributed by atoms with van der Waals surface area (Å²) < 4.78 is 11.0. The lowest BCUT2D eigenvalue weighted by atomic mass is 10.1. The van der Waals surface area contributed by atoms with Gasteiger partial charge in [-0.15, -0.1) is 0 Å². The van der Waals surface area contributed by atoms with Crippen molar-refractivity contribution in [2.75, 3.05) is 19.7 Å². The van der Waals surface area contributed by atoms with E-state index in [1.54, 1.807) is 13.3 Å². The van der Waals surface area contributed by atoms with Gasteiger partial charge in [0.15, 0.2) is 0 Å². The number of hydrogen-bond donors (Lipinski definition) is 0. The first-order chi connectivity index (χ1) is 12.1. The summed E-state index contributed by atoms with van der Waals surface area (Å²) in [4.78, 5) is 23.1. The normalized spacial score (nSPS) is 17.7. The van der Waals surface area contributed by atoms with Gasteiger partial charge in [-0.05, 0) is 39.2 Å². The number of nitrogens with zero attached hydrogens (tertiary/aromatic N) is 4. The van der Waals surface area contributed by atoms with Gasteiger partial charge in [0, 0.05) is 24.5 Å². The summed E-state index contributed by atoms with van der Waals surface area (Å²) in [7, 11) is 0. The zero-order chi connectivity index (χ0) is 17.8. The van der Waals surface area contributed by atoms with Crippen molar-refractivity contribution < 1.29 is 14.1 Å². The van der Waals surface area contributed by atoms with Crippen LogP contribution in [0.5, 0.6) is 0 Å². The van der Waals surface area contributed by atoms with Gasteiger partial charge in [0.1, 0.15) is 17.7 Å².